The number of hydrogen-bond acceptors (Lipinski definition) is 4. The predicted octanol–water partition coefficient (Wildman–Crippen LogP) is 1.30. The van der Waals surface area contributed by atoms with Crippen LogP contribution in [-0.2, 0) is 15.6 Å². The fraction of sp³-hybridized carbons (Fsp3) is 0.462. The van der Waals surface area contributed by atoms with Crippen LogP contribution < -0.4 is 15.8 Å². The van der Waals surface area contributed by atoms with Crippen molar-refractivity contribution in [3.05, 3.63) is 18.2 Å². The molecule has 0 saturated heterocycles. The molecule has 106 valence electrons. The molecule has 1 unspecified atom stereocenters. The highest BCUT2D eigenvalue weighted by atomic mass is 32.2. The van der Waals surface area contributed by atoms with Crippen LogP contribution in [0.4, 0.5) is 5.69 Å². The maximum absolute atomic E-state index is 12.1. The van der Waals surface area contributed by atoms with E-state index in [1.165, 1.54) is 7.11 Å². The number of nitrogens with two attached hydrogens (primary N) is 1. The van der Waals surface area contributed by atoms with Gasteiger partial charge in [-0.15, -0.1) is 0 Å². The Kier molecular flexibility index (Phi) is 4.94. The summed E-state index contributed by atoms with van der Waals surface area (Å²) >= 11 is 0. The van der Waals surface area contributed by atoms with Gasteiger partial charge in [0.15, 0.2) is 0 Å². The molecule has 0 aliphatic rings. The number of nitrogens with one attached hydrogen (secondary N) is 1. The molecule has 1 aromatic carbocycles. The summed E-state index contributed by atoms with van der Waals surface area (Å²) in [6.07, 6.45) is 0. The zero-order chi connectivity index (χ0) is 14.6. The minimum absolute atomic E-state index is 0.116. The Morgan fingerprint density at radius 1 is 1.42 bits per heavy atom. The van der Waals surface area contributed by atoms with Gasteiger partial charge in [-0.1, -0.05) is 0 Å². The number of ether oxygens (including phenoxy) is 1. The number of hydrogen-bond donors (Lipinski definition) is 2. The van der Waals surface area contributed by atoms with Gasteiger partial charge in [0, 0.05) is 11.2 Å². The van der Waals surface area contributed by atoms with Crippen molar-refractivity contribution in [2.45, 2.75) is 31.2 Å². The van der Waals surface area contributed by atoms with E-state index in [0.717, 1.165) is 0 Å². The minimum Gasteiger partial charge on any atom is -0.497 e. The fourth-order valence-corrected chi connectivity index (χ4v) is 2.53. The molecule has 0 aliphatic heterocycles. The number of anilines is 1. The Labute approximate surface area is 116 Å². The third-order valence-corrected chi connectivity index (χ3v) is 3.61. The lowest BCUT2D eigenvalue weighted by Gasteiger charge is -2.20. The van der Waals surface area contributed by atoms with Gasteiger partial charge in [-0.2, -0.15) is 0 Å². The molecule has 3 N–H and O–H groups in total. The predicted molar refractivity (Wildman–Crippen MR) is 76.6 cm³/mol. The maximum Gasteiger partial charge on any atom is 0.233 e. The van der Waals surface area contributed by atoms with Crippen molar-refractivity contribution in [2.24, 2.45) is 0 Å². The average Bonchev–Trinajstić information content (AvgIpc) is 2.26. The van der Waals surface area contributed by atoms with E-state index in [2.05, 4.69) is 5.32 Å². The summed E-state index contributed by atoms with van der Waals surface area (Å²) < 4.78 is 17.2. The molecule has 0 aliphatic carbocycles. The molecule has 0 fully saturated rings. The quantitative estimate of drug-likeness (QED) is 0.817. The van der Waals surface area contributed by atoms with Crippen molar-refractivity contribution in [3.8, 4) is 5.75 Å². The smallest absolute Gasteiger partial charge is 0.233 e. The van der Waals surface area contributed by atoms with E-state index in [9.17, 15) is 9.00 Å². The topological polar surface area (TPSA) is 81.4 Å². The van der Waals surface area contributed by atoms with Gasteiger partial charge in [-0.25, -0.2) is 0 Å². The molecule has 0 bridgehead atoms. The van der Waals surface area contributed by atoms with Gasteiger partial charge in [0.05, 0.1) is 22.8 Å². The zero-order valence-corrected chi connectivity index (χ0v) is 12.5. The van der Waals surface area contributed by atoms with Crippen LogP contribution in [0.25, 0.3) is 0 Å². The lowest BCUT2D eigenvalue weighted by Crippen LogP contribution is -2.42. The zero-order valence-electron chi connectivity index (χ0n) is 11.6. The Hall–Kier alpha value is -1.56. The standard InChI is InChI=1S/C13H20N2O3S/c1-13(2,3)15-12(16)8-19(17)11-7-9(18-4)5-6-10(11)14/h5-7H,8,14H2,1-4H3,(H,15,16). The van der Waals surface area contributed by atoms with Gasteiger partial charge in [-0.05, 0) is 39.0 Å². The Balaban J connectivity index is 2.81. The van der Waals surface area contributed by atoms with Gasteiger partial charge in [0.1, 0.15) is 11.5 Å². The van der Waals surface area contributed by atoms with E-state index in [4.69, 9.17) is 10.5 Å². The summed E-state index contributed by atoms with van der Waals surface area (Å²) in [6.45, 7) is 5.61. The molecule has 5 nitrogen and oxygen atoms in total. The average molecular weight is 284 g/mol. The van der Waals surface area contributed by atoms with Crippen LogP contribution >= 0.6 is 0 Å². The van der Waals surface area contributed by atoms with E-state index in [1.807, 2.05) is 20.8 Å². The highest BCUT2D eigenvalue weighted by molar-refractivity contribution is 7.86. The van der Waals surface area contributed by atoms with Crippen molar-refractivity contribution >= 4 is 22.4 Å². The van der Waals surface area contributed by atoms with E-state index >= 15 is 0 Å². The van der Waals surface area contributed by atoms with Gasteiger partial charge in [-0.3, -0.25) is 9.00 Å². The molecule has 0 saturated carbocycles. The normalized spacial score (nSPS) is 12.8. The molecule has 1 rings (SSSR count). The largest absolute Gasteiger partial charge is 0.497 e. The summed E-state index contributed by atoms with van der Waals surface area (Å²) in [5.41, 5.74) is 5.81. The lowest BCUT2D eigenvalue weighted by atomic mass is 10.1. The van der Waals surface area contributed by atoms with Gasteiger partial charge in [0.25, 0.3) is 0 Å². The monoisotopic (exact) mass is 284 g/mol. The molecule has 0 heterocycles. The van der Waals surface area contributed by atoms with Gasteiger partial charge in [0.2, 0.25) is 5.91 Å². The fourth-order valence-electron chi connectivity index (χ4n) is 1.49. The SMILES string of the molecule is COc1ccc(N)c(S(=O)CC(=O)NC(C)(C)C)c1. The van der Waals surface area contributed by atoms with Crippen LogP contribution in [0.1, 0.15) is 20.8 Å². The van der Waals surface area contributed by atoms with Gasteiger partial charge >= 0.3 is 0 Å². The van der Waals surface area contributed by atoms with Crippen LogP contribution in [0, 0.1) is 0 Å². The third-order valence-electron chi connectivity index (χ3n) is 2.24. The number of nitrogen functional groups attached to an aromatic ring is 1. The van der Waals surface area contributed by atoms with Crippen LogP contribution in [0.2, 0.25) is 0 Å². The second-order valence-corrected chi connectivity index (χ2v) is 6.61. The first-order chi connectivity index (χ1) is 8.73. The molecule has 1 aromatic rings. The van der Waals surface area contributed by atoms with Crippen molar-refractivity contribution in [3.63, 3.8) is 0 Å². The number of carbonyl (C=O) groups excluding carboxylic acids is 1. The first-order valence-electron chi connectivity index (χ1n) is 5.86. The summed E-state index contributed by atoms with van der Waals surface area (Å²) in [6, 6.07) is 4.90. The van der Waals surface area contributed by atoms with Crippen molar-refractivity contribution in [1.82, 2.24) is 5.32 Å². The van der Waals surface area contributed by atoms with E-state index < -0.39 is 10.8 Å². The highest BCUT2D eigenvalue weighted by Gasteiger charge is 2.18. The number of benzene rings is 1. The van der Waals surface area contributed by atoms with E-state index in [0.29, 0.717) is 16.3 Å². The van der Waals surface area contributed by atoms with E-state index in [-0.39, 0.29) is 17.2 Å². The van der Waals surface area contributed by atoms with Crippen molar-refractivity contribution < 1.29 is 13.7 Å². The third kappa shape index (κ3) is 4.90. The number of methoxy groups -OCH3 is 1. The molecule has 19 heavy (non-hydrogen) atoms. The lowest BCUT2D eigenvalue weighted by molar-refractivity contribution is -0.119. The van der Waals surface area contributed by atoms with Crippen LogP contribution in [-0.4, -0.2) is 28.5 Å². The second kappa shape index (κ2) is 6.06. The maximum atomic E-state index is 12.1. The Bertz CT molecular complexity index is 495. The van der Waals surface area contributed by atoms with Gasteiger partial charge < -0.3 is 15.8 Å². The van der Waals surface area contributed by atoms with Crippen LogP contribution in [0.3, 0.4) is 0 Å². The van der Waals surface area contributed by atoms with Crippen molar-refractivity contribution in [2.75, 3.05) is 18.6 Å². The molecule has 0 spiro atoms. The summed E-state index contributed by atoms with van der Waals surface area (Å²) in [7, 11) is 0.0297. The number of rotatable bonds is 4. The molecular formula is C13H20N2O3S. The van der Waals surface area contributed by atoms with E-state index in [1.54, 1.807) is 18.2 Å². The van der Waals surface area contributed by atoms with Crippen molar-refractivity contribution in [1.29, 1.82) is 0 Å². The first-order valence-corrected chi connectivity index (χ1v) is 7.18. The number of carbonyl (C=O) groups is 1. The Morgan fingerprint density at radius 3 is 2.58 bits per heavy atom. The highest BCUT2D eigenvalue weighted by Crippen LogP contribution is 2.22. The second-order valence-electron chi connectivity index (χ2n) is 5.19. The summed E-state index contributed by atoms with van der Waals surface area (Å²) in [5.74, 6) is 0.177. The molecule has 1 amide bonds. The molecule has 6 heteroatoms. The molecular weight excluding hydrogens is 264 g/mol. The Morgan fingerprint density at radius 2 is 2.05 bits per heavy atom. The van der Waals surface area contributed by atoms with Crippen LogP contribution in [0.15, 0.2) is 23.1 Å². The number of amides is 1. The summed E-state index contributed by atoms with van der Waals surface area (Å²) in [4.78, 5) is 12.2. The molecule has 0 aromatic heterocycles. The minimum atomic E-state index is -1.49. The first kappa shape index (κ1) is 15.5. The van der Waals surface area contributed by atoms with Crippen LogP contribution in [0.5, 0.6) is 5.75 Å². The molecule has 0 radical (unpaired) electrons. The summed E-state index contributed by atoms with van der Waals surface area (Å²) in [5, 5.41) is 2.76. The molecule has 1 atom stereocenters.